The molecule has 0 radical (unpaired) electrons. The first-order valence-electron chi connectivity index (χ1n) is 6.29. The number of pyridine rings is 1. The summed E-state index contributed by atoms with van der Waals surface area (Å²) in [6.45, 7) is 2.72. The minimum Gasteiger partial charge on any atom is -0.310 e. The fraction of sp³-hybridized carbons (Fsp3) is 0.267. The number of aromatic nitrogens is 1. The number of hydrogen-bond acceptors (Lipinski definition) is 2. The molecule has 0 bridgehead atoms. The van der Waals surface area contributed by atoms with Gasteiger partial charge in [-0.3, -0.25) is 4.98 Å². The van der Waals surface area contributed by atoms with Crippen LogP contribution in [0.2, 0.25) is 0 Å². The third kappa shape index (κ3) is 3.58. The van der Waals surface area contributed by atoms with Crippen molar-refractivity contribution in [1.82, 2.24) is 10.3 Å². The van der Waals surface area contributed by atoms with Gasteiger partial charge in [0.05, 0.1) is 0 Å². The second-order valence-corrected chi connectivity index (χ2v) is 4.31. The molecule has 4 heteroatoms. The van der Waals surface area contributed by atoms with Gasteiger partial charge in [0.25, 0.3) is 0 Å². The monoisotopic (exact) mass is 262 g/mol. The van der Waals surface area contributed by atoms with Crippen LogP contribution in [0.4, 0.5) is 8.78 Å². The predicted octanol–water partition coefficient (Wildman–Crippen LogP) is 3.25. The molecule has 2 rings (SSSR count). The summed E-state index contributed by atoms with van der Waals surface area (Å²) in [6, 6.07) is 9.62. The molecule has 2 nitrogen and oxygen atoms in total. The zero-order chi connectivity index (χ0) is 13.7. The van der Waals surface area contributed by atoms with Crippen LogP contribution >= 0.6 is 0 Å². The Kier molecular flexibility index (Phi) is 4.58. The van der Waals surface area contributed by atoms with E-state index >= 15 is 0 Å². The number of nitrogens with one attached hydrogen (secondary N) is 1. The largest absolute Gasteiger partial charge is 0.310 e. The van der Waals surface area contributed by atoms with E-state index in [1.807, 2.05) is 25.1 Å². The van der Waals surface area contributed by atoms with Gasteiger partial charge in [0.15, 0.2) is 11.6 Å². The molecule has 100 valence electrons. The SMILES string of the molecule is CCNC(Cc1ccccn1)c1ccc(F)c(F)c1. The summed E-state index contributed by atoms with van der Waals surface area (Å²) in [7, 11) is 0. The smallest absolute Gasteiger partial charge is 0.159 e. The van der Waals surface area contributed by atoms with Crippen molar-refractivity contribution in [1.29, 1.82) is 0 Å². The molecule has 0 saturated heterocycles. The van der Waals surface area contributed by atoms with E-state index in [0.717, 1.165) is 23.9 Å². The average molecular weight is 262 g/mol. The molecule has 1 aromatic carbocycles. The summed E-state index contributed by atoms with van der Waals surface area (Å²) in [5, 5.41) is 3.26. The molecule has 1 atom stereocenters. The Bertz CT molecular complexity index is 529. The van der Waals surface area contributed by atoms with Crippen LogP contribution in [0.25, 0.3) is 0 Å². The quantitative estimate of drug-likeness (QED) is 0.894. The normalized spacial score (nSPS) is 12.4. The summed E-state index contributed by atoms with van der Waals surface area (Å²) >= 11 is 0. The van der Waals surface area contributed by atoms with Crippen molar-refractivity contribution in [3.8, 4) is 0 Å². The molecule has 1 heterocycles. The highest BCUT2D eigenvalue weighted by Gasteiger charge is 2.14. The van der Waals surface area contributed by atoms with Crippen molar-refractivity contribution in [2.45, 2.75) is 19.4 Å². The first kappa shape index (κ1) is 13.6. The van der Waals surface area contributed by atoms with Gasteiger partial charge in [-0.05, 0) is 36.4 Å². The molecule has 0 fully saturated rings. The molecule has 2 aromatic rings. The summed E-state index contributed by atoms with van der Waals surface area (Å²) in [4.78, 5) is 4.26. The molecular weight excluding hydrogens is 246 g/mol. The molecule has 0 saturated carbocycles. The Labute approximate surface area is 111 Å². The molecule has 0 aliphatic carbocycles. The van der Waals surface area contributed by atoms with E-state index in [0.29, 0.717) is 6.42 Å². The number of halogens is 2. The minimum atomic E-state index is -0.822. The van der Waals surface area contributed by atoms with Crippen molar-refractivity contribution < 1.29 is 8.78 Å². The Hall–Kier alpha value is -1.81. The topological polar surface area (TPSA) is 24.9 Å². The Morgan fingerprint density at radius 3 is 2.63 bits per heavy atom. The molecule has 0 spiro atoms. The second kappa shape index (κ2) is 6.38. The van der Waals surface area contributed by atoms with Crippen molar-refractivity contribution in [2.24, 2.45) is 0 Å². The van der Waals surface area contributed by atoms with Gasteiger partial charge in [-0.1, -0.05) is 19.1 Å². The lowest BCUT2D eigenvalue weighted by atomic mass is 10.0. The van der Waals surface area contributed by atoms with Gasteiger partial charge in [-0.2, -0.15) is 0 Å². The molecule has 0 amide bonds. The van der Waals surface area contributed by atoms with Crippen molar-refractivity contribution in [3.05, 3.63) is 65.5 Å². The Morgan fingerprint density at radius 2 is 2.00 bits per heavy atom. The Morgan fingerprint density at radius 1 is 1.16 bits per heavy atom. The Balaban J connectivity index is 2.21. The first-order valence-corrected chi connectivity index (χ1v) is 6.29. The lowest BCUT2D eigenvalue weighted by Crippen LogP contribution is -2.23. The van der Waals surface area contributed by atoms with Gasteiger partial charge in [0.2, 0.25) is 0 Å². The van der Waals surface area contributed by atoms with Gasteiger partial charge in [0, 0.05) is 24.4 Å². The molecule has 1 unspecified atom stereocenters. The standard InChI is InChI=1S/C15H16F2N2/c1-2-18-15(10-12-5-3-4-8-19-12)11-6-7-13(16)14(17)9-11/h3-9,15,18H,2,10H2,1H3. The summed E-state index contributed by atoms with van der Waals surface area (Å²) in [5.74, 6) is -1.64. The van der Waals surface area contributed by atoms with Crippen LogP contribution in [-0.4, -0.2) is 11.5 Å². The number of nitrogens with zero attached hydrogens (tertiary/aromatic N) is 1. The van der Waals surface area contributed by atoms with Gasteiger partial charge in [0.1, 0.15) is 0 Å². The lowest BCUT2D eigenvalue weighted by Gasteiger charge is -2.18. The summed E-state index contributed by atoms with van der Waals surface area (Å²) < 4.78 is 26.3. The molecule has 0 aliphatic rings. The number of hydrogen-bond donors (Lipinski definition) is 1. The summed E-state index contributed by atoms with van der Waals surface area (Å²) in [5.41, 5.74) is 1.64. The highest BCUT2D eigenvalue weighted by Crippen LogP contribution is 2.19. The first-order chi connectivity index (χ1) is 9.20. The fourth-order valence-corrected chi connectivity index (χ4v) is 2.01. The molecule has 0 aliphatic heterocycles. The van der Waals surface area contributed by atoms with E-state index in [-0.39, 0.29) is 6.04 Å². The van der Waals surface area contributed by atoms with Crippen molar-refractivity contribution in [3.63, 3.8) is 0 Å². The van der Waals surface area contributed by atoms with E-state index in [1.165, 1.54) is 6.07 Å². The molecular formula is C15H16F2N2. The van der Waals surface area contributed by atoms with E-state index in [2.05, 4.69) is 10.3 Å². The van der Waals surface area contributed by atoms with Gasteiger partial charge < -0.3 is 5.32 Å². The van der Waals surface area contributed by atoms with Crippen molar-refractivity contribution >= 4 is 0 Å². The maximum atomic E-state index is 13.3. The van der Waals surface area contributed by atoms with E-state index < -0.39 is 11.6 Å². The van der Waals surface area contributed by atoms with Crippen LogP contribution in [0, 0.1) is 11.6 Å². The fourth-order valence-electron chi connectivity index (χ4n) is 2.01. The van der Waals surface area contributed by atoms with Crippen LogP contribution in [0.1, 0.15) is 24.2 Å². The zero-order valence-electron chi connectivity index (χ0n) is 10.7. The minimum absolute atomic E-state index is 0.0741. The van der Waals surface area contributed by atoms with Crippen LogP contribution in [0.3, 0.4) is 0 Å². The van der Waals surface area contributed by atoms with E-state index in [9.17, 15) is 8.78 Å². The number of likely N-dealkylation sites (N-methyl/N-ethyl adjacent to an activating group) is 1. The molecule has 1 aromatic heterocycles. The molecule has 1 N–H and O–H groups in total. The van der Waals surface area contributed by atoms with Gasteiger partial charge in [-0.25, -0.2) is 8.78 Å². The predicted molar refractivity (Wildman–Crippen MR) is 70.7 cm³/mol. The van der Waals surface area contributed by atoms with Crippen molar-refractivity contribution in [2.75, 3.05) is 6.54 Å². The van der Waals surface area contributed by atoms with E-state index in [4.69, 9.17) is 0 Å². The maximum Gasteiger partial charge on any atom is 0.159 e. The van der Waals surface area contributed by atoms with Gasteiger partial charge >= 0.3 is 0 Å². The van der Waals surface area contributed by atoms with Crippen LogP contribution < -0.4 is 5.32 Å². The third-order valence-electron chi connectivity index (χ3n) is 2.94. The third-order valence-corrected chi connectivity index (χ3v) is 2.94. The highest BCUT2D eigenvalue weighted by molar-refractivity contribution is 5.23. The summed E-state index contributed by atoms with van der Waals surface area (Å²) in [6.07, 6.45) is 2.36. The van der Waals surface area contributed by atoms with E-state index in [1.54, 1.807) is 12.3 Å². The zero-order valence-corrected chi connectivity index (χ0v) is 10.7. The lowest BCUT2D eigenvalue weighted by molar-refractivity contribution is 0.496. The molecule has 19 heavy (non-hydrogen) atoms. The van der Waals surface area contributed by atoms with Crippen LogP contribution in [0.5, 0.6) is 0 Å². The van der Waals surface area contributed by atoms with Crippen LogP contribution in [0.15, 0.2) is 42.6 Å². The van der Waals surface area contributed by atoms with Crippen LogP contribution in [-0.2, 0) is 6.42 Å². The second-order valence-electron chi connectivity index (χ2n) is 4.31. The average Bonchev–Trinajstić information content (AvgIpc) is 2.43. The number of rotatable bonds is 5. The maximum absolute atomic E-state index is 13.3. The van der Waals surface area contributed by atoms with Gasteiger partial charge in [-0.15, -0.1) is 0 Å². The number of benzene rings is 1. The highest BCUT2D eigenvalue weighted by atomic mass is 19.2.